The fourth-order valence-electron chi connectivity index (χ4n) is 15.0. The Kier molecular flexibility index (Phi) is 9.69. The van der Waals surface area contributed by atoms with Gasteiger partial charge in [-0.05, 0) is 0 Å². The van der Waals surface area contributed by atoms with E-state index in [0.29, 0.717) is 35.8 Å². The van der Waals surface area contributed by atoms with Gasteiger partial charge in [-0.2, -0.15) is 0 Å². The van der Waals surface area contributed by atoms with E-state index < -0.39 is 110 Å². The molecule has 7 saturated heterocycles. The lowest BCUT2D eigenvalue weighted by molar-refractivity contribution is -0.563. The summed E-state index contributed by atoms with van der Waals surface area (Å²) in [5.74, 6) is 2.08. The van der Waals surface area contributed by atoms with Crippen molar-refractivity contribution in [1.82, 2.24) is 88.2 Å². The van der Waals surface area contributed by atoms with Gasteiger partial charge in [0.1, 0.15) is 40.0 Å². The monoisotopic (exact) mass is 1090 g/mol. The van der Waals surface area contributed by atoms with Gasteiger partial charge in [-0.3, -0.25) is 93.2 Å². The molecular formula is C42H72N30O6+6. The Hall–Kier alpha value is -8.76. The van der Waals surface area contributed by atoms with Crippen LogP contribution in [0, 0.1) is 0 Å². The van der Waals surface area contributed by atoms with Crippen LogP contribution in [0.1, 0.15) is 0 Å². The summed E-state index contributed by atoms with van der Waals surface area (Å²) in [6, 6.07) is -2.96. The zero-order valence-corrected chi connectivity index (χ0v) is 45.8. The van der Waals surface area contributed by atoms with Crippen LogP contribution >= 0.6 is 0 Å². The number of nitrogens with zero attached hydrogens (tertiary/aromatic N) is 24. The van der Waals surface area contributed by atoms with E-state index in [0.717, 1.165) is 0 Å². The summed E-state index contributed by atoms with van der Waals surface area (Å²) in [6.45, 7) is -1.55. The summed E-state index contributed by atoms with van der Waals surface area (Å²) in [5.41, 5.74) is 40.7. The largest absolute Gasteiger partial charge is 0.349 e. The highest BCUT2D eigenvalue weighted by molar-refractivity contribution is 5.89. The number of nitrogens with two attached hydrogens (primary N) is 6. The average molecular weight is 1090 g/mol. The highest BCUT2D eigenvalue weighted by Crippen LogP contribution is 2.41. The minimum absolute atomic E-state index is 0.259. The van der Waals surface area contributed by atoms with E-state index in [-0.39, 0.29) is 40.0 Å². The van der Waals surface area contributed by atoms with Gasteiger partial charge >= 0.3 is 71.9 Å². The first kappa shape index (κ1) is 48.9. The number of carbonyl (C=O) groups excluding carboxylic acids is 6. The summed E-state index contributed by atoms with van der Waals surface area (Å²) in [7, 11) is 21.2. The zero-order valence-electron chi connectivity index (χ0n) is 45.8. The van der Waals surface area contributed by atoms with Crippen molar-refractivity contribution < 1.29 is 56.2 Å². The second kappa shape index (κ2) is 15.5. The lowest BCUT2D eigenvalue weighted by Crippen LogP contribution is -2.56. The fourth-order valence-corrected chi connectivity index (χ4v) is 15.0. The molecule has 420 valence electrons. The number of likely N-dealkylation sites (N-methyl/N-ethyl adjacent to an activating group) is 12. The maximum atomic E-state index is 15.5. The van der Waals surface area contributed by atoms with Crippen LogP contribution in [0.4, 0.5) is 28.8 Å². The third kappa shape index (κ3) is 5.52. The van der Waals surface area contributed by atoms with Crippen molar-refractivity contribution in [3.8, 4) is 0 Å². The first-order valence-corrected chi connectivity index (χ1v) is 25.7. The summed E-state index contributed by atoms with van der Waals surface area (Å²) >= 11 is 0. The number of guanidine groups is 6. The van der Waals surface area contributed by atoms with Gasteiger partial charge in [0, 0.05) is 0 Å². The van der Waals surface area contributed by atoms with Crippen LogP contribution in [-0.4, -0.2) is 386 Å². The molecule has 0 radical (unpaired) electrons. The van der Waals surface area contributed by atoms with Gasteiger partial charge in [0.15, 0.2) is 0 Å². The first-order valence-electron chi connectivity index (χ1n) is 25.7. The van der Waals surface area contributed by atoms with Gasteiger partial charge < -0.3 is 0 Å². The molecule has 12 unspecified atom stereocenters. The van der Waals surface area contributed by atoms with Crippen molar-refractivity contribution in [3.05, 3.63) is 0 Å². The SMILES string of the molecule is CN1C(N)=[N+](C)C2C1N1CN3C(=O)N(CN4C(=O)N(CN5C(=O)N(CN6C(=O)N(CN7C(=O)N(CN2C1=O)C1C7[N+](C)=C(N)N1C)C1C6[N+](C)=C(N)N1C)C1C5N(C)C(N)=[N+]1C)C1C4N(C)C(N)=[N+]1C)C1C3N(C)C(N)=[N+]1C. The van der Waals surface area contributed by atoms with Crippen LogP contribution in [0.3, 0.4) is 0 Å². The predicted molar refractivity (Wildman–Crippen MR) is 268 cm³/mol. The molecule has 12 atom stereocenters. The predicted octanol–water partition coefficient (Wildman–Crippen LogP) is -10.5. The van der Waals surface area contributed by atoms with Gasteiger partial charge in [-0.25, -0.2) is 85.6 Å². The molecule has 78 heavy (non-hydrogen) atoms. The number of amides is 12. The lowest BCUT2D eigenvalue weighted by Gasteiger charge is -2.32. The standard InChI is InChI=1S/C42H66N30O6/c1-49-19-20(50(2)31(49)43)62-14-64-23-24(54(6)33(45)53(23)5)66(39(64)75)16-68-27-28(58(10)35(47)57(27)9)70(41(68)77)18-72-30-29(59(11)36(48)60(30)12)71(42(72)78)17-69-26-25(55(7)34(46)56(26)8)67(40(69)76)15-65-22-21(51(3)32(44)52(22)4)63(38(65)74)13-61(19)37(62)73/h19-30,43-48H,13-18H2,1-12H3/p+6. The van der Waals surface area contributed by atoms with E-state index >= 15 is 28.8 Å². The van der Waals surface area contributed by atoms with Crippen LogP contribution in [0.15, 0.2) is 0 Å². The van der Waals surface area contributed by atoms with Crippen molar-refractivity contribution in [3.63, 3.8) is 0 Å². The Bertz CT molecular complexity index is 2850. The maximum Gasteiger partial charge on any atom is 0.349 e. The molecule has 36 nitrogen and oxygen atoms in total. The van der Waals surface area contributed by atoms with Crippen molar-refractivity contribution in [2.45, 2.75) is 74.0 Å². The highest BCUT2D eigenvalue weighted by atomic mass is 16.2. The molecule has 0 spiro atoms. The molecule has 0 saturated carbocycles. The lowest BCUT2D eigenvalue weighted by atomic mass is 10.3. The zero-order chi connectivity index (χ0) is 56.0. The fraction of sp³-hybridized carbons (Fsp3) is 0.714. The molecule has 13 aliphatic rings. The minimum atomic E-state index is -0.763. The molecular weight excluding hydrogens is 1020 g/mol. The molecule has 36 heteroatoms. The molecule has 13 rings (SSSR count). The summed E-state index contributed by atoms with van der Waals surface area (Å²) < 4.78 is 10.6. The summed E-state index contributed by atoms with van der Waals surface area (Å²) in [5, 5.41) is 0. The number of carbonyl (C=O) groups is 6. The van der Waals surface area contributed by atoms with E-state index in [2.05, 4.69) is 0 Å². The molecule has 7 fully saturated rings. The van der Waals surface area contributed by atoms with Crippen LogP contribution in [0.2, 0.25) is 0 Å². The smallest absolute Gasteiger partial charge is 0.291 e. The third-order valence-corrected chi connectivity index (χ3v) is 19.3. The molecule has 12 N–H and O–H groups in total. The molecule has 12 amide bonds. The molecule has 13 aliphatic heterocycles. The topological polar surface area (TPSA) is 335 Å². The highest BCUT2D eigenvalue weighted by Gasteiger charge is 2.70. The Morgan fingerprint density at radius 1 is 0.256 bits per heavy atom. The van der Waals surface area contributed by atoms with Gasteiger partial charge in [0.2, 0.25) is 74.0 Å². The summed E-state index contributed by atoms with van der Waals surface area (Å²) in [6.07, 6.45) is -9.16. The van der Waals surface area contributed by atoms with Crippen molar-refractivity contribution in [2.75, 3.05) is 125 Å². The number of rotatable bonds is 0. The maximum absolute atomic E-state index is 15.5. The first-order chi connectivity index (χ1) is 36.8. The van der Waals surface area contributed by atoms with Gasteiger partial charge in [-0.15, -0.1) is 0 Å². The van der Waals surface area contributed by atoms with Gasteiger partial charge in [-0.1, -0.05) is 0 Å². The van der Waals surface area contributed by atoms with Crippen molar-refractivity contribution in [1.29, 1.82) is 0 Å². The Morgan fingerprint density at radius 2 is 0.372 bits per heavy atom. The van der Waals surface area contributed by atoms with Gasteiger partial charge in [0.05, 0.1) is 84.6 Å². The third-order valence-electron chi connectivity index (χ3n) is 19.3. The van der Waals surface area contributed by atoms with E-state index in [4.69, 9.17) is 34.4 Å². The average Bonchev–Trinajstić information content (AvgIpc) is 4.37. The summed E-state index contributed by atoms with van der Waals surface area (Å²) in [4.78, 5) is 122. The van der Waals surface area contributed by atoms with E-state index in [1.54, 1.807) is 200 Å². The van der Waals surface area contributed by atoms with Crippen molar-refractivity contribution >= 4 is 71.9 Å². The minimum Gasteiger partial charge on any atom is -0.291 e. The van der Waals surface area contributed by atoms with Crippen LogP contribution in [0.5, 0.6) is 0 Å². The number of hydrogen-bond donors (Lipinski definition) is 6. The normalized spacial score (nSPS) is 35.8. The van der Waals surface area contributed by atoms with Crippen LogP contribution in [0.25, 0.3) is 0 Å². The Morgan fingerprint density at radius 3 is 0.513 bits per heavy atom. The number of urea groups is 6. The van der Waals surface area contributed by atoms with E-state index in [9.17, 15) is 0 Å². The van der Waals surface area contributed by atoms with Crippen molar-refractivity contribution in [2.24, 2.45) is 34.4 Å². The van der Waals surface area contributed by atoms with E-state index in [1.165, 1.54) is 0 Å². The molecule has 0 aromatic heterocycles. The number of hydrogen-bond acceptors (Lipinski definition) is 18. The molecule has 12 bridgehead atoms. The van der Waals surface area contributed by atoms with Gasteiger partial charge in [0.25, 0.3) is 0 Å². The Labute approximate surface area is 448 Å². The molecule has 0 aliphatic carbocycles. The quantitative estimate of drug-likeness (QED) is 0.123. The molecule has 0 aromatic rings. The Balaban J connectivity index is 0.955. The molecule has 0 aromatic carbocycles. The molecule has 13 heterocycles. The van der Waals surface area contributed by atoms with Crippen LogP contribution < -0.4 is 34.4 Å². The van der Waals surface area contributed by atoms with Crippen LogP contribution in [-0.2, 0) is 0 Å². The van der Waals surface area contributed by atoms with E-state index in [1.807, 2.05) is 0 Å². The second-order valence-corrected chi connectivity index (χ2v) is 22.6. The second-order valence-electron chi connectivity index (χ2n) is 22.6. The number of fused-ring (bicyclic) bond motifs is 30.